The van der Waals surface area contributed by atoms with Crippen LogP contribution >= 0.6 is 32.1 Å². The summed E-state index contributed by atoms with van der Waals surface area (Å²) in [5.74, 6) is 4.01. The third-order valence-corrected chi connectivity index (χ3v) is 6.67. The molecule has 170 valence electrons. The van der Waals surface area contributed by atoms with Gasteiger partial charge in [-0.25, -0.2) is 9.78 Å². The van der Waals surface area contributed by atoms with Crippen molar-refractivity contribution >= 4 is 32.1 Å². The Bertz CT molecular complexity index is 265. The SMILES string of the molecule is CCCCCCCCSCCOOP(O)OOCCSCCCCCCCC. The summed E-state index contributed by atoms with van der Waals surface area (Å²) in [5, 5.41) is 0. The quantitative estimate of drug-likeness (QED) is 0.0705. The van der Waals surface area contributed by atoms with Crippen molar-refractivity contribution < 1.29 is 24.0 Å². The number of rotatable bonds is 24. The molecule has 0 unspecified atom stereocenters. The predicted molar refractivity (Wildman–Crippen MR) is 125 cm³/mol. The Kier molecular flexibility index (Phi) is 26.8. The lowest BCUT2D eigenvalue weighted by molar-refractivity contribution is -0.262. The molecule has 0 saturated carbocycles. The summed E-state index contributed by atoms with van der Waals surface area (Å²) in [6.07, 6.45) is 15.9. The van der Waals surface area contributed by atoms with Gasteiger partial charge in [0.2, 0.25) is 0 Å². The lowest BCUT2D eigenvalue weighted by atomic mass is 10.1. The molecular weight excluding hydrogens is 415 g/mol. The Balaban J connectivity index is 3.12. The van der Waals surface area contributed by atoms with Crippen molar-refractivity contribution in [1.29, 1.82) is 0 Å². The molecule has 8 heteroatoms. The van der Waals surface area contributed by atoms with Crippen LogP contribution in [0.25, 0.3) is 0 Å². The first kappa shape index (κ1) is 28.9. The summed E-state index contributed by atoms with van der Waals surface area (Å²) in [7, 11) is -2.12. The molecule has 0 aromatic carbocycles. The van der Waals surface area contributed by atoms with Crippen molar-refractivity contribution in [2.24, 2.45) is 0 Å². The first-order valence-corrected chi connectivity index (χ1v) is 14.5. The second-order valence-corrected chi connectivity index (χ2v) is 10.0. The third kappa shape index (κ3) is 25.0. The summed E-state index contributed by atoms with van der Waals surface area (Å²) in [6.45, 7) is 5.36. The van der Waals surface area contributed by atoms with Crippen molar-refractivity contribution in [2.75, 3.05) is 36.2 Å². The lowest BCUT2D eigenvalue weighted by Crippen LogP contribution is -2.01. The van der Waals surface area contributed by atoms with Gasteiger partial charge in [0.05, 0.1) is 13.2 Å². The van der Waals surface area contributed by atoms with E-state index in [9.17, 15) is 4.89 Å². The van der Waals surface area contributed by atoms with Crippen LogP contribution in [0.15, 0.2) is 0 Å². The van der Waals surface area contributed by atoms with Crippen LogP contribution < -0.4 is 0 Å². The Morgan fingerprint density at radius 2 is 0.964 bits per heavy atom. The summed E-state index contributed by atoms with van der Waals surface area (Å²) >= 11 is 3.70. The molecule has 0 fully saturated rings. The van der Waals surface area contributed by atoms with Crippen LogP contribution in [0.1, 0.15) is 90.9 Å². The van der Waals surface area contributed by atoms with E-state index in [1.807, 2.05) is 23.5 Å². The zero-order valence-corrected chi connectivity index (χ0v) is 20.6. The molecule has 1 N–H and O–H groups in total. The van der Waals surface area contributed by atoms with Crippen LogP contribution in [0.3, 0.4) is 0 Å². The first-order chi connectivity index (χ1) is 13.8. The van der Waals surface area contributed by atoms with E-state index in [-0.39, 0.29) is 0 Å². The minimum absolute atomic E-state index is 0.442. The van der Waals surface area contributed by atoms with Crippen molar-refractivity contribution in [3.8, 4) is 0 Å². The molecule has 0 amide bonds. The fourth-order valence-corrected chi connectivity index (χ4v) is 4.49. The second kappa shape index (κ2) is 26.0. The first-order valence-electron chi connectivity index (χ1n) is 11.0. The van der Waals surface area contributed by atoms with E-state index < -0.39 is 8.60 Å². The fraction of sp³-hybridized carbons (Fsp3) is 1.00. The Labute approximate surface area is 183 Å². The molecule has 0 aliphatic rings. The van der Waals surface area contributed by atoms with Crippen LogP contribution in [0.4, 0.5) is 0 Å². The highest BCUT2D eigenvalue weighted by molar-refractivity contribution is 7.99. The molecule has 28 heavy (non-hydrogen) atoms. The zero-order valence-electron chi connectivity index (χ0n) is 18.1. The normalized spacial score (nSPS) is 11.6. The minimum atomic E-state index is -2.12. The maximum atomic E-state index is 9.49. The van der Waals surface area contributed by atoms with Crippen molar-refractivity contribution in [1.82, 2.24) is 0 Å². The lowest BCUT2D eigenvalue weighted by Gasteiger charge is -2.09. The van der Waals surface area contributed by atoms with E-state index in [4.69, 9.17) is 19.1 Å². The van der Waals surface area contributed by atoms with Gasteiger partial charge in [-0.2, -0.15) is 32.9 Å². The van der Waals surface area contributed by atoms with Gasteiger partial charge >= 0.3 is 8.60 Å². The molecule has 0 rings (SSSR count). The summed E-state index contributed by atoms with van der Waals surface area (Å²) in [4.78, 5) is 19.4. The van der Waals surface area contributed by atoms with Gasteiger partial charge in [0.25, 0.3) is 0 Å². The maximum absolute atomic E-state index is 9.49. The number of unbranched alkanes of at least 4 members (excludes halogenated alkanes) is 10. The molecule has 0 aliphatic heterocycles. The highest BCUT2D eigenvalue weighted by Gasteiger charge is 2.09. The van der Waals surface area contributed by atoms with E-state index in [1.165, 1.54) is 77.0 Å². The van der Waals surface area contributed by atoms with Gasteiger partial charge in [-0.1, -0.05) is 78.1 Å². The fourth-order valence-electron chi connectivity index (χ4n) is 2.54. The average Bonchev–Trinajstić information content (AvgIpc) is 2.70. The summed E-state index contributed by atoms with van der Waals surface area (Å²) in [5.41, 5.74) is 0. The van der Waals surface area contributed by atoms with Crippen LogP contribution in [0, 0.1) is 0 Å². The van der Waals surface area contributed by atoms with Crippen molar-refractivity contribution in [3.05, 3.63) is 0 Å². The molecule has 0 bridgehead atoms. The molecule has 0 atom stereocenters. The standard InChI is InChI=1S/C20H43O5PS2/c1-3-5-7-9-11-13-17-27-19-15-22-24-26(21)25-23-16-20-28-18-14-12-10-8-6-4-2/h21H,3-20H2,1-2H3. The topological polar surface area (TPSA) is 57.2 Å². The Hall–Kier alpha value is 0.930. The van der Waals surface area contributed by atoms with Crippen LogP contribution in [0.5, 0.6) is 0 Å². The molecular formula is C20H43O5PS2. The largest absolute Gasteiger partial charge is 0.389 e. The molecule has 0 aromatic heterocycles. The molecule has 0 radical (unpaired) electrons. The van der Waals surface area contributed by atoms with Crippen molar-refractivity contribution in [2.45, 2.75) is 90.9 Å². The second-order valence-electron chi connectivity index (χ2n) is 6.79. The van der Waals surface area contributed by atoms with Crippen LogP contribution in [0.2, 0.25) is 0 Å². The number of hydrogen-bond acceptors (Lipinski definition) is 7. The molecule has 5 nitrogen and oxygen atoms in total. The third-order valence-electron chi connectivity index (χ3n) is 4.14. The number of thioether (sulfide) groups is 2. The van der Waals surface area contributed by atoms with Crippen molar-refractivity contribution in [3.63, 3.8) is 0 Å². The Morgan fingerprint density at radius 3 is 1.39 bits per heavy atom. The molecule has 0 aromatic rings. The van der Waals surface area contributed by atoms with E-state index in [0.29, 0.717) is 13.2 Å². The van der Waals surface area contributed by atoms with E-state index in [1.54, 1.807) is 0 Å². The molecule has 0 saturated heterocycles. The van der Waals surface area contributed by atoms with Gasteiger partial charge in [0, 0.05) is 11.5 Å². The van der Waals surface area contributed by atoms with Crippen LogP contribution in [-0.4, -0.2) is 41.1 Å². The monoisotopic (exact) mass is 458 g/mol. The summed E-state index contributed by atoms with van der Waals surface area (Å²) < 4.78 is 9.52. The highest BCUT2D eigenvalue weighted by atomic mass is 32.2. The van der Waals surface area contributed by atoms with Gasteiger partial charge in [0.15, 0.2) is 0 Å². The van der Waals surface area contributed by atoms with Crippen LogP contribution in [-0.2, 0) is 19.1 Å². The minimum Gasteiger partial charge on any atom is -0.325 e. The summed E-state index contributed by atoms with van der Waals surface area (Å²) in [6, 6.07) is 0. The maximum Gasteiger partial charge on any atom is 0.389 e. The average molecular weight is 459 g/mol. The Morgan fingerprint density at radius 1 is 0.571 bits per heavy atom. The molecule has 0 aliphatic carbocycles. The van der Waals surface area contributed by atoms with Gasteiger partial charge in [-0.3, -0.25) is 0 Å². The van der Waals surface area contributed by atoms with Gasteiger partial charge in [0.1, 0.15) is 0 Å². The molecule has 0 heterocycles. The van der Waals surface area contributed by atoms with E-state index >= 15 is 0 Å². The molecule has 0 spiro atoms. The predicted octanol–water partition coefficient (Wildman–Crippen LogP) is 7.29. The van der Waals surface area contributed by atoms with Gasteiger partial charge in [-0.05, 0) is 24.3 Å². The van der Waals surface area contributed by atoms with E-state index in [2.05, 4.69) is 13.8 Å². The van der Waals surface area contributed by atoms with Gasteiger partial charge < -0.3 is 4.89 Å². The van der Waals surface area contributed by atoms with E-state index in [0.717, 1.165) is 23.0 Å². The smallest absolute Gasteiger partial charge is 0.325 e. The number of hydrogen-bond donors (Lipinski definition) is 1. The zero-order chi connectivity index (χ0) is 20.5. The highest BCUT2D eigenvalue weighted by Crippen LogP contribution is 2.33. The van der Waals surface area contributed by atoms with Gasteiger partial charge in [-0.15, -0.1) is 0 Å².